The van der Waals surface area contributed by atoms with E-state index in [-0.39, 0.29) is 12.4 Å². The fourth-order valence-corrected chi connectivity index (χ4v) is 2.56. The zero-order valence-corrected chi connectivity index (χ0v) is 15.6. The summed E-state index contributed by atoms with van der Waals surface area (Å²) in [6.45, 7) is 7.91. The Morgan fingerprint density at radius 2 is 1.96 bits per heavy atom. The van der Waals surface area contributed by atoms with Crippen LogP contribution in [0.4, 0.5) is 0 Å². The molecule has 5 nitrogen and oxygen atoms in total. The molecule has 1 heterocycles. The van der Waals surface area contributed by atoms with Crippen molar-refractivity contribution in [2.75, 3.05) is 20.2 Å². The predicted molar refractivity (Wildman–Crippen MR) is 98.2 cm³/mol. The molecule has 1 aliphatic rings. The first-order chi connectivity index (χ1) is 11.0. The van der Waals surface area contributed by atoms with Gasteiger partial charge in [-0.2, -0.15) is 0 Å². The maximum absolute atomic E-state index is 12.1. The summed E-state index contributed by atoms with van der Waals surface area (Å²) in [7, 11) is 2.10. The Morgan fingerprint density at radius 1 is 1.29 bits per heavy atom. The van der Waals surface area contributed by atoms with Crippen molar-refractivity contribution in [2.24, 2.45) is 11.1 Å². The quantitative estimate of drug-likeness (QED) is 0.596. The third-order valence-corrected chi connectivity index (χ3v) is 4.20. The highest BCUT2D eigenvalue weighted by Gasteiger charge is 2.26. The molecule has 0 amide bonds. The number of carbonyl (C=O) groups excluding carboxylic acids is 1. The minimum atomic E-state index is -0.432. The van der Waals surface area contributed by atoms with E-state index in [1.807, 2.05) is 0 Å². The van der Waals surface area contributed by atoms with Crippen molar-refractivity contribution in [1.82, 2.24) is 4.90 Å². The van der Waals surface area contributed by atoms with E-state index in [9.17, 15) is 4.79 Å². The zero-order chi connectivity index (χ0) is 16.8. The summed E-state index contributed by atoms with van der Waals surface area (Å²) < 4.78 is 5.50. The van der Waals surface area contributed by atoms with Crippen LogP contribution in [0.15, 0.2) is 29.4 Å². The summed E-state index contributed by atoms with van der Waals surface area (Å²) in [4.78, 5) is 19.5. The number of likely N-dealkylation sites (tertiary alicyclic amines) is 1. The predicted octanol–water partition coefficient (Wildman–Crippen LogP) is 3.77. The third kappa shape index (κ3) is 5.49. The van der Waals surface area contributed by atoms with E-state index in [1.165, 1.54) is 0 Å². The summed E-state index contributed by atoms with van der Waals surface area (Å²) in [5.74, 6) is 0.625. The standard InChI is InChI=1S/C18H26N2O3.ClH/c1-5-10-22-16-8-6-15(7-9-16)18(21)23-19-17-11-14(3)20(4)12-13(17)2;/h6-9,13-14H,5,10-12H2,1-4H3;1H/b19-17+;. The van der Waals surface area contributed by atoms with Gasteiger partial charge in [-0.05, 0) is 44.7 Å². The summed E-state index contributed by atoms with van der Waals surface area (Å²) in [6.07, 6.45) is 1.78. The Bertz CT molecular complexity index is 560. The van der Waals surface area contributed by atoms with Gasteiger partial charge in [-0.3, -0.25) is 0 Å². The van der Waals surface area contributed by atoms with Gasteiger partial charge in [-0.1, -0.05) is 19.0 Å². The molecule has 0 spiro atoms. The Morgan fingerprint density at radius 3 is 2.58 bits per heavy atom. The van der Waals surface area contributed by atoms with Crippen molar-refractivity contribution >= 4 is 24.1 Å². The molecule has 0 radical (unpaired) electrons. The minimum Gasteiger partial charge on any atom is -0.494 e. The molecule has 2 rings (SSSR count). The van der Waals surface area contributed by atoms with Crippen LogP contribution in [-0.2, 0) is 4.84 Å². The fraction of sp³-hybridized carbons (Fsp3) is 0.556. The highest BCUT2D eigenvalue weighted by Crippen LogP contribution is 2.19. The topological polar surface area (TPSA) is 51.1 Å². The molecule has 2 unspecified atom stereocenters. The van der Waals surface area contributed by atoms with Crippen molar-refractivity contribution in [3.05, 3.63) is 29.8 Å². The van der Waals surface area contributed by atoms with Crippen molar-refractivity contribution in [3.63, 3.8) is 0 Å². The molecule has 0 aromatic heterocycles. The number of ether oxygens (including phenoxy) is 1. The number of hydrogen-bond acceptors (Lipinski definition) is 5. The lowest BCUT2D eigenvalue weighted by Gasteiger charge is -2.34. The molecule has 2 atom stereocenters. The van der Waals surface area contributed by atoms with E-state index in [0.717, 1.165) is 30.8 Å². The van der Waals surface area contributed by atoms with E-state index in [0.29, 0.717) is 24.1 Å². The maximum Gasteiger partial charge on any atom is 0.365 e. The molecule has 1 aliphatic heterocycles. The molecular formula is C18H27ClN2O3. The second kappa shape index (κ2) is 9.64. The van der Waals surface area contributed by atoms with Gasteiger partial charge in [0.25, 0.3) is 0 Å². The molecule has 24 heavy (non-hydrogen) atoms. The lowest BCUT2D eigenvalue weighted by molar-refractivity contribution is 0.0508. The largest absolute Gasteiger partial charge is 0.494 e. The monoisotopic (exact) mass is 354 g/mol. The van der Waals surface area contributed by atoms with Gasteiger partial charge in [0, 0.05) is 24.9 Å². The number of hydrogen-bond donors (Lipinski definition) is 0. The number of benzene rings is 1. The average Bonchev–Trinajstić information content (AvgIpc) is 2.55. The lowest BCUT2D eigenvalue weighted by Crippen LogP contribution is -2.43. The van der Waals surface area contributed by atoms with Crippen molar-refractivity contribution in [1.29, 1.82) is 0 Å². The average molecular weight is 355 g/mol. The second-order valence-electron chi connectivity index (χ2n) is 6.23. The van der Waals surface area contributed by atoms with E-state index in [1.54, 1.807) is 24.3 Å². The van der Waals surface area contributed by atoms with Crippen LogP contribution in [-0.4, -0.2) is 42.8 Å². The highest BCUT2D eigenvalue weighted by molar-refractivity contribution is 5.92. The van der Waals surface area contributed by atoms with E-state index >= 15 is 0 Å². The Hall–Kier alpha value is -1.59. The Labute approximate surface area is 150 Å². The van der Waals surface area contributed by atoms with Gasteiger partial charge in [0.1, 0.15) is 5.75 Å². The Kier molecular flexibility index (Phi) is 8.22. The fourth-order valence-electron chi connectivity index (χ4n) is 2.56. The summed E-state index contributed by atoms with van der Waals surface area (Å²) in [6, 6.07) is 7.38. The normalized spacial score (nSPS) is 22.8. The number of piperidine rings is 1. The van der Waals surface area contributed by atoms with Crippen LogP contribution < -0.4 is 4.74 Å². The van der Waals surface area contributed by atoms with Gasteiger partial charge < -0.3 is 14.5 Å². The molecule has 134 valence electrons. The molecule has 1 aromatic carbocycles. The SMILES string of the molecule is CCCOc1ccc(C(=O)O/N=C2\CC(C)N(C)CC2C)cc1.Cl. The van der Waals surface area contributed by atoms with Crippen molar-refractivity contribution < 1.29 is 14.4 Å². The van der Waals surface area contributed by atoms with Gasteiger partial charge in [-0.15, -0.1) is 12.4 Å². The van der Waals surface area contributed by atoms with Crippen LogP contribution in [0.3, 0.4) is 0 Å². The van der Waals surface area contributed by atoms with Crippen LogP contribution in [0.25, 0.3) is 0 Å². The smallest absolute Gasteiger partial charge is 0.365 e. The maximum atomic E-state index is 12.1. The van der Waals surface area contributed by atoms with E-state index < -0.39 is 5.97 Å². The number of nitrogens with zero attached hydrogens (tertiary/aromatic N) is 2. The van der Waals surface area contributed by atoms with Gasteiger partial charge in [0.2, 0.25) is 0 Å². The van der Waals surface area contributed by atoms with Crippen LogP contribution in [0.5, 0.6) is 5.75 Å². The summed E-state index contributed by atoms with van der Waals surface area (Å²) in [5.41, 5.74) is 1.43. The number of carbonyl (C=O) groups is 1. The molecule has 6 heteroatoms. The number of oxime groups is 1. The van der Waals surface area contributed by atoms with Gasteiger partial charge in [0.15, 0.2) is 0 Å². The highest BCUT2D eigenvalue weighted by atomic mass is 35.5. The first-order valence-corrected chi connectivity index (χ1v) is 8.22. The molecule has 1 fully saturated rings. The van der Waals surface area contributed by atoms with Crippen LogP contribution in [0.2, 0.25) is 0 Å². The minimum absolute atomic E-state index is 0. The molecule has 1 aromatic rings. The summed E-state index contributed by atoms with van der Waals surface area (Å²) >= 11 is 0. The molecule has 0 saturated carbocycles. The molecular weight excluding hydrogens is 328 g/mol. The first-order valence-electron chi connectivity index (χ1n) is 8.22. The van der Waals surface area contributed by atoms with Crippen LogP contribution in [0.1, 0.15) is 44.0 Å². The number of rotatable bonds is 5. The third-order valence-electron chi connectivity index (χ3n) is 4.20. The molecule has 0 bridgehead atoms. The zero-order valence-electron chi connectivity index (χ0n) is 14.8. The van der Waals surface area contributed by atoms with Gasteiger partial charge >= 0.3 is 5.97 Å². The Balaban J connectivity index is 0.00000288. The van der Waals surface area contributed by atoms with Gasteiger partial charge in [0.05, 0.1) is 17.9 Å². The van der Waals surface area contributed by atoms with E-state index in [4.69, 9.17) is 9.57 Å². The van der Waals surface area contributed by atoms with Crippen molar-refractivity contribution in [3.8, 4) is 5.75 Å². The van der Waals surface area contributed by atoms with Crippen LogP contribution in [0, 0.1) is 5.92 Å². The van der Waals surface area contributed by atoms with Crippen molar-refractivity contribution in [2.45, 2.75) is 39.7 Å². The molecule has 1 saturated heterocycles. The molecule has 0 aliphatic carbocycles. The second-order valence-corrected chi connectivity index (χ2v) is 6.23. The van der Waals surface area contributed by atoms with Gasteiger partial charge in [-0.25, -0.2) is 4.79 Å². The van der Waals surface area contributed by atoms with Crippen LogP contribution >= 0.6 is 12.4 Å². The number of halogens is 1. The van der Waals surface area contributed by atoms with E-state index in [2.05, 4.69) is 37.9 Å². The first kappa shape index (κ1) is 20.5. The molecule has 0 N–H and O–H groups in total. The lowest BCUT2D eigenvalue weighted by atomic mass is 9.93. The summed E-state index contributed by atoms with van der Waals surface area (Å²) in [5, 5.41) is 4.11.